The average Bonchev–Trinajstić information content (AvgIpc) is 2.67. The maximum Gasteiger partial charge on any atom is 0.256 e. The molecule has 0 aliphatic carbocycles. The quantitative estimate of drug-likeness (QED) is 0.683. The predicted octanol–water partition coefficient (Wildman–Crippen LogP) is 2.53. The maximum atomic E-state index is 13.0. The van der Waals surface area contributed by atoms with E-state index in [0.29, 0.717) is 33.7 Å². The van der Waals surface area contributed by atoms with E-state index in [2.05, 4.69) is 20.9 Å². The lowest BCUT2D eigenvalue weighted by atomic mass is 9.94. The molecule has 0 radical (unpaired) electrons. The van der Waals surface area contributed by atoms with Gasteiger partial charge in [0.05, 0.1) is 25.8 Å². The molecule has 3 rings (SSSR count). The van der Waals surface area contributed by atoms with Gasteiger partial charge in [-0.05, 0) is 43.4 Å². The lowest BCUT2D eigenvalue weighted by Gasteiger charge is -2.31. The van der Waals surface area contributed by atoms with E-state index in [9.17, 15) is 4.79 Å². The summed E-state index contributed by atoms with van der Waals surface area (Å²) in [4.78, 5) is 17.1. The molecule has 1 aromatic carbocycles. The van der Waals surface area contributed by atoms with E-state index in [1.807, 2.05) is 19.1 Å². The van der Waals surface area contributed by atoms with Crippen molar-refractivity contribution in [3.8, 4) is 11.5 Å². The highest BCUT2D eigenvalue weighted by molar-refractivity contribution is 7.80. The number of pyridine rings is 1. The Hall–Kier alpha value is -3.13. The molecular weight excluding hydrogens is 364 g/mol. The number of aromatic nitrogens is 1. The van der Waals surface area contributed by atoms with Crippen LogP contribution in [0.25, 0.3) is 0 Å². The third kappa shape index (κ3) is 4.01. The van der Waals surface area contributed by atoms with Crippen molar-refractivity contribution in [3.63, 3.8) is 0 Å². The molecular formula is C19H20N4O3S. The first kappa shape index (κ1) is 18.7. The van der Waals surface area contributed by atoms with E-state index < -0.39 is 6.04 Å². The van der Waals surface area contributed by atoms with Crippen LogP contribution in [0.2, 0.25) is 0 Å². The molecule has 2 aromatic rings. The van der Waals surface area contributed by atoms with E-state index in [4.69, 9.17) is 21.7 Å². The van der Waals surface area contributed by atoms with Crippen molar-refractivity contribution in [1.82, 2.24) is 15.6 Å². The number of hydrogen-bond donors (Lipinski definition) is 3. The molecule has 8 heteroatoms. The second-order valence-electron chi connectivity index (χ2n) is 5.85. The third-order valence-electron chi connectivity index (χ3n) is 4.17. The molecule has 3 N–H and O–H groups in total. The molecule has 0 saturated carbocycles. The van der Waals surface area contributed by atoms with Crippen LogP contribution in [0.15, 0.2) is 53.9 Å². The zero-order valence-corrected chi connectivity index (χ0v) is 16.0. The molecule has 1 aromatic heterocycles. The first-order chi connectivity index (χ1) is 13.0. The standard InChI is InChI=1S/C19H20N4O3S/c1-11-16(18(24)22-15-6-4-5-9-20-15)17(23-19(27)21-11)13-8-7-12(25-2)10-14(13)26-3/h4-10,17H,1-3H3,(H,20,22,24)(H2,21,23,27)/t17-/m0/s1. The number of anilines is 1. The van der Waals surface area contributed by atoms with E-state index in [0.717, 1.165) is 5.56 Å². The van der Waals surface area contributed by atoms with E-state index >= 15 is 0 Å². The van der Waals surface area contributed by atoms with Crippen molar-refractivity contribution in [3.05, 3.63) is 59.4 Å². The van der Waals surface area contributed by atoms with Crippen LogP contribution >= 0.6 is 12.2 Å². The van der Waals surface area contributed by atoms with Gasteiger partial charge in [-0.15, -0.1) is 0 Å². The Morgan fingerprint density at radius 3 is 2.70 bits per heavy atom. The summed E-state index contributed by atoms with van der Waals surface area (Å²) in [6, 6.07) is 10.3. The number of allylic oxidation sites excluding steroid dienone is 1. The highest BCUT2D eigenvalue weighted by Gasteiger charge is 2.32. The van der Waals surface area contributed by atoms with Crippen LogP contribution in [0.4, 0.5) is 5.82 Å². The minimum atomic E-state index is -0.483. The number of ether oxygens (including phenoxy) is 2. The fourth-order valence-electron chi connectivity index (χ4n) is 2.91. The Bertz CT molecular complexity index is 899. The Morgan fingerprint density at radius 2 is 2.04 bits per heavy atom. The van der Waals surface area contributed by atoms with Crippen molar-refractivity contribution >= 4 is 29.1 Å². The lowest BCUT2D eigenvalue weighted by Crippen LogP contribution is -2.45. The van der Waals surface area contributed by atoms with Crippen LogP contribution in [0.5, 0.6) is 11.5 Å². The van der Waals surface area contributed by atoms with E-state index in [1.54, 1.807) is 44.7 Å². The summed E-state index contributed by atoms with van der Waals surface area (Å²) < 4.78 is 10.8. The van der Waals surface area contributed by atoms with E-state index in [1.165, 1.54) is 0 Å². The molecule has 1 aliphatic heterocycles. The van der Waals surface area contributed by atoms with Gasteiger partial charge in [0.15, 0.2) is 5.11 Å². The maximum absolute atomic E-state index is 13.0. The first-order valence-corrected chi connectivity index (χ1v) is 8.67. The average molecular weight is 384 g/mol. The Labute approximate surface area is 162 Å². The van der Waals surface area contributed by atoms with Gasteiger partial charge in [-0.3, -0.25) is 4.79 Å². The summed E-state index contributed by atoms with van der Waals surface area (Å²) in [5.41, 5.74) is 1.93. The topological polar surface area (TPSA) is 84.5 Å². The van der Waals surface area contributed by atoms with Crippen LogP contribution in [0.3, 0.4) is 0 Å². The zero-order chi connectivity index (χ0) is 19.4. The fraction of sp³-hybridized carbons (Fsp3) is 0.211. The molecule has 2 heterocycles. The number of methoxy groups -OCH3 is 2. The van der Waals surface area contributed by atoms with Gasteiger partial charge in [0.1, 0.15) is 17.3 Å². The molecule has 0 spiro atoms. The number of carbonyl (C=O) groups is 1. The van der Waals surface area contributed by atoms with Gasteiger partial charge < -0.3 is 25.4 Å². The molecule has 0 fully saturated rings. The third-order valence-corrected chi connectivity index (χ3v) is 4.39. The molecule has 140 valence electrons. The van der Waals surface area contributed by atoms with Crippen molar-refractivity contribution in [2.75, 3.05) is 19.5 Å². The number of benzene rings is 1. The summed E-state index contributed by atoms with van der Waals surface area (Å²) in [6.45, 7) is 1.81. The molecule has 27 heavy (non-hydrogen) atoms. The number of thiocarbonyl (C=S) groups is 1. The van der Waals surface area contributed by atoms with Gasteiger partial charge in [-0.25, -0.2) is 4.98 Å². The second kappa shape index (κ2) is 8.05. The SMILES string of the molecule is COc1ccc([C@@H]2NC(=S)NC(C)=C2C(=O)Nc2ccccn2)c(OC)c1. The summed E-state index contributed by atoms with van der Waals surface area (Å²) in [5.74, 6) is 1.44. The lowest BCUT2D eigenvalue weighted by molar-refractivity contribution is -0.113. The molecule has 7 nitrogen and oxygen atoms in total. The zero-order valence-electron chi connectivity index (χ0n) is 15.2. The van der Waals surface area contributed by atoms with Gasteiger partial charge in [-0.1, -0.05) is 6.07 Å². The van der Waals surface area contributed by atoms with Crippen LogP contribution in [-0.4, -0.2) is 30.2 Å². The molecule has 0 unspecified atom stereocenters. The smallest absolute Gasteiger partial charge is 0.256 e. The van der Waals surface area contributed by atoms with Crippen LogP contribution < -0.4 is 25.4 Å². The monoisotopic (exact) mass is 384 g/mol. The van der Waals surface area contributed by atoms with Gasteiger partial charge in [0.2, 0.25) is 0 Å². The summed E-state index contributed by atoms with van der Waals surface area (Å²) in [7, 11) is 3.16. The summed E-state index contributed by atoms with van der Waals surface area (Å²) in [6.07, 6.45) is 1.62. The minimum absolute atomic E-state index is 0.281. The predicted molar refractivity (Wildman–Crippen MR) is 107 cm³/mol. The minimum Gasteiger partial charge on any atom is -0.497 e. The van der Waals surface area contributed by atoms with Crippen molar-refractivity contribution in [2.45, 2.75) is 13.0 Å². The molecule has 0 bridgehead atoms. The largest absolute Gasteiger partial charge is 0.497 e. The molecule has 1 aliphatic rings. The Morgan fingerprint density at radius 1 is 1.22 bits per heavy atom. The number of rotatable bonds is 5. The second-order valence-corrected chi connectivity index (χ2v) is 6.26. The highest BCUT2D eigenvalue weighted by atomic mass is 32.1. The Kier molecular flexibility index (Phi) is 5.56. The van der Waals surface area contributed by atoms with Gasteiger partial charge in [-0.2, -0.15) is 0 Å². The van der Waals surface area contributed by atoms with Crippen molar-refractivity contribution in [2.24, 2.45) is 0 Å². The van der Waals surface area contributed by atoms with Crippen LogP contribution in [0.1, 0.15) is 18.5 Å². The number of hydrogen-bond acceptors (Lipinski definition) is 5. The fourth-order valence-corrected chi connectivity index (χ4v) is 3.18. The Balaban J connectivity index is 2.01. The number of nitrogens with one attached hydrogen (secondary N) is 3. The van der Waals surface area contributed by atoms with Crippen molar-refractivity contribution in [1.29, 1.82) is 0 Å². The van der Waals surface area contributed by atoms with Crippen molar-refractivity contribution < 1.29 is 14.3 Å². The summed E-state index contributed by atoms with van der Waals surface area (Å²) in [5, 5.41) is 9.42. The first-order valence-electron chi connectivity index (χ1n) is 8.26. The molecule has 0 saturated heterocycles. The van der Waals surface area contributed by atoms with Gasteiger partial charge in [0, 0.05) is 23.5 Å². The van der Waals surface area contributed by atoms with Crippen LogP contribution in [-0.2, 0) is 4.79 Å². The van der Waals surface area contributed by atoms with Gasteiger partial charge >= 0.3 is 0 Å². The highest BCUT2D eigenvalue weighted by Crippen LogP contribution is 2.35. The molecule has 1 amide bonds. The van der Waals surface area contributed by atoms with Gasteiger partial charge in [0.25, 0.3) is 5.91 Å². The number of amides is 1. The normalized spacial score (nSPS) is 16.3. The summed E-state index contributed by atoms with van der Waals surface area (Å²) >= 11 is 5.29. The molecule has 1 atom stereocenters. The number of nitrogens with zero attached hydrogens (tertiary/aromatic N) is 1. The number of carbonyl (C=O) groups excluding carboxylic acids is 1. The van der Waals surface area contributed by atoms with Crippen LogP contribution in [0, 0.1) is 0 Å². The van der Waals surface area contributed by atoms with E-state index in [-0.39, 0.29) is 5.91 Å².